The van der Waals surface area contributed by atoms with Crippen molar-refractivity contribution in [3.63, 3.8) is 0 Å². The van der Waals surface area contributed by atoms with Crippen LogP contribution >= 0.6 is 0 Å². The molecule has 2 aliphatic heterocycles. The maximum atomic E-state index is 12.6. The summed E-state index contributed by atoms with van der Waals surface area (Å²) in [7, 11) is 0. The largest absolute Gasteiger partial charge is 0.503 e. The smallest absolute Gasteiger partial charge is 0.290 e. The summed E-state index contributed by atoms with van der Waals surface area (Å²) in [5.74, 6) is -1.13. The molecule has 0 radical (unpaired) electrons. The number of carbonyl (C=O) groups excluding carboxylic acids is 2. The van der Waals surface area contributed by atoms with Crippen molar-refractivity contribution >= 4 is 11.7 Å². The van der Waals surface area contributed by atoms with Crippen LogP contribution < -0.4 is 0 Å². The van der Waals surface area contributed by atoms with Crippen LogP contribution in [0.25, 0.3) is 0 Å². The fraction of sp³-hybridized carbons (Fsp3) is 0.500. The Bertz CT molecular complexity index is 705. The molecule has 1 N–H and O–H groups in total. The molecule has 1 atom stereocenters. The molecule has 0 saturated carbocycles. The summed E-state index contributed by atoms with van der Waals surface area (Å²) >= 11 is 0. The second-order valence-electron chi connectivity index (χ2n) is 6.94. The highest BCUT2D eigenvalue weighted by Gasteiger charge is 2.41. The van der Waals surface area contributed by atoms with Crippen molar-refractivity contribution in [2.24, 2.45) is 0 Å². The highest BCUT2D eigenvalue weighted by atomic mass is 16.5. The molecule has 2 aliphatic rings. The summed E-state index contributed by atoms with van der Waals surface area (Å²) in [6.45, 7) is 8.03. The second-order valence-corrected chi connectivity index (χ2v) is 6.94. The van der Waals surface area contributed by atoms with Crippen LogP contribution in [0.4, 0.5) is 0 Å². The molecule has 1 fully saturated rings. The molecule has 0 bridgehead atoms. The number of morpholine rings is 1. The van der Waals surface area contributed by atoms with Gasteiger partial charge in [-0.25, -0.2) is 0 Å². The van der Waals surface area contributed by atoms with Gasteiger partial charge in [0.15, 0.2) is 11.5 Å². The summed E-state index contributed by atoms with van der Waals surface area (Å²) in [5.41, 5.74) is 2.16. The standard InChI is InChI=1S/C20H26N2O4/c1-14-4-6-16(7-5-14)18-17(15(2)23)19(24)20(25)22(18)9-3-8-21-10-12-26-13-11-21/h4-7,18,24H,3,8-13H2,1-2H3. The molecule has 1 aromatic rings. The lowest BCUT2D eigenvalue weighted by molar-refractivity contribution is -0.129. The monoisotopic (exact) mass is 358 g/mol. The van der Waals surface area contributed by atoms with Crippen LogP contribution in [0, 0.1) is 6.92 Å². The normalized spacial score (nSPS) is 21.5. The summed E-state index contributed by atoms with van der Waals surface area (Å²) in [6.07, 6.45) is 0.784. The van der Waals surface area contributed by atoms with Crippen molar-refractivity contribution in [3.8, 4) is 0 Å². The molecule has 140 valence electrons. The third-order valence-electron chi connectivity index (χ3n) is 5.05. The lowest BCUT2D eigenvalue weighted by atomic mass is 9.96. The van der Waals surface area contributed by atoms with E-state index >= 15 is 0 Å². The topological polar surface area (TPSA) is 70.1 Å². The van der Waals surface area contributed by atoms with E-state index in [9.17, 15) is 14.7 Å². The van der Waals surface area contributed by atoms with Gasteiger partial charge in [0.05, 0.1) is 24.8 Å². The van der Waals surface area contributed by atoms with E-state index in [1.165, 1.54) is 6.92 Å². The van der Waals surface area contributed by atoms with Crippen molar-refractivity contribution < 1.29 is 19.4 Å². The van der Waals surface area contributed by atoms with Crippen molar-refractivity contribution in [3.05, 3.63) is 46.7 Å². The number of aliphatic hydroxyl groups excluding tert-OH is 1. The van der Waals surface area contributed by atoms with Gasteiger partial charge in [0, 0.05) is 26.2 Å². The molecule has 3 rings (SSSR count). The van der Waals surface area contributed by atoms with Crippen LogP contribution in [-0.2, 0) is 14.3 Å². The number of nitrogens with zero attached hydrogens (tertiary/aromatic N) is 2. The molecule has 6 heteroatoms. The van der Waals surface area contributed by atoms with Crippen LogP contribution in [0.5, 0.6) is 0 Å². The van der Waals surface area contributed by atoms with Gasteiger partial charge in [-0.1, -0.05) is 29.8 Å². The number of rotatable bonds is 6. The fourth-order valence-corrected chi connectivity index (χ4v) is 3.63. The molecule has 26 heavy (non-hydrogen) atoms. The van der Waals surface area contributed by atoms with E-state index in [-0.39, 0.29) is 11.4 Å². The molecule has 0 aliphatic carbocycles. The van der Waals surface area contributed by atoms with E-state index in [0.717, 1.165) is 50.4 Å². The number of ether oxygens (including phenoxy) is 1. The van der Waals surface area contributed by atoms with Crippen LogP contribution in [0.15, 0.2) is 35.6 Å². The van der Waals surface area contributed by atoms with Crippen LogP contribution in [0.1, 0.15) is 30.5 Å². The highest BCUT2D eigenvalue weighted by Crippen LogP contribution is 2.37. The average molecular weight is 358 g/mol. The Kier molecular flexibility index (Phi) is 5.74. The Labute approximate surface area is 154 Å². The van der Waals surface area contributed by atoms with Crippen molar-refractivity contribution in [2.45, 2.75) is 26.3 Å². The van der Waals surface area contributed by atoms with Gasteiger partial charge in [-0.15, -0.1) is 0 Å². The first-order valence-electron chi connectivity index (χ1n) is 9.10. The number of aliphatic hydroxyl groups is 1. The predicted molar refractivity (Wildman–Crippen MR) is 97.8 cm³/mol. The molecule has 0 spiro atoms. The van der Waals surface area contributed by atoms with Crippen molar-refractivity contribution in [1.29, 1.82) is 0 Å². The van der Waals surface area contributed by atoms with Crippen LogP contribution in [0.3, 0.4) is 0 Å². The van der Waals surface area contributed by atoms with Gasteiger partial charge in [0.2, 0.25) is 0 Å². The summed E-state index contributed by atoms with van der Waals surface area (Å²) in [4.78, 5) is 28.6. The quantitative estimate of drug-likeness (QED) is 0.842. The zero-order valence-electron chi connectivity index (χ0n) is 15.4. The Morgan fingerprint density at radius 3 is 2.46 bits per heavy atom. The van der Waals surface area contributed by atoms with E-state index < -0.39 is 17.7 Å². The SMILES string of the molecule is CC(=O)C1=C(O)C(=O)N(CCCN2CCOCC2)C1c1ccc(C)cc1. The van der Waals surface area contributed by atoms with Crippen LogP contribution in [-0.4, -0.2) is 66.0 Å². The summed E-state index contributed by atoms with van der Waals surface area (Å²) in [5, 5.41) is 10.3. The molecule has 1 amide bonds. The Morgan fingerprint density at radius 2 is 1.85 bits per heavy atom. The van der Waals surface area contributed by atoms with Crippen molar-refractivity contribution in [1.82, 2.24) is 9.80 Å². The lowest BCUT2D eigenvalue weighted by Gasteiger charge is -2.30. The number of amides is 1. The third kappa shape index (κ3) is 3.81. The number of hydrogen-bond donors (Lipinski definition) is 1. The van der Waals surface area contributed by atoms with E-state index in [1.54, 1.807) is 4.90 Å². The number of carbonyl (C=O) groups is 2. The first-order valence-corrected chi connectivity index (χ1v) is 9.10. The number of aryl methyl sites for hydroxylation is 1. The summed E-state index contributed by atoms with van der Waals surface area (Å²) in [6, 6.07) is 7.25. The van der Waals surface area contributed by atoms with Crippen LogP contribution in [0.2, 0.25) is 0 Å². The maximum absolute atomic E-state index is 12.6. The molecule has 2 heterocycles. The number of benzene rings is 1. The fourth-order valence-electron chi connectivity index (χ4n) is 3.63. The first-order chi connectivity index (χ1) is 12.5. The van der Waals surface area contributed by atoms with Gasteiger partial charge in [0.25, 0.3) is 5.91 Å². The van der Waals surface area contributed by atoms with E-state index in [2.05, 4.69) is 4.90 Å². The van der Waals surface area contributed by atoms with Gasteiger partial charge >= 0.3 is 0 Å². The average Bonchev–Trinajstić information content (AvgIpc) is 2.88. The summed E-state index contributed by atoms with van der Waals surface area (Å²) < 4.78 is 5.35. The van der Waals surface area contributed by atoms with Gasteiger partial charge in [0.1, 0.15) is 0 Å². The molecule has 6 nitrogen and oxygen atoms in total. The minimum absolute atomic E-state index is 0.199. The van der Waals surface area contributed by atoms with Crippen molar-refractivity contribution in [2.75, 3.05) is 39.4 Å². The molecule has 0 aromatic heterocycles. The number of ketones is 1. The second kappa shape index (κ2) is 8.01. The molecule has 1 aromatic carbocycles. The highest BCUT2D eigenvalue weighted by molar-refractivity contribution is 6.08. The lowest BCUT2D eigenvalue weighted by Crippen LogP contribution is -2.39. The Hall–Kier alpha value is -2.18. The minimum Gasteiger partial charge on any atom is -0.503 e. The van der Waals surface area contributed by atoms with E-state index in [0.29, 0.717) is 6.54 Å². The molecular weight excluding hydrogens is 332 g/mol. The first kappa shape index (κ1) is 18.6. The molecular formula is C20H26N2O4. The van der Waals surface area contributed by atoms with Gasteiger partial charge < -0.3 is 14.7 Å². The zero-order chi connectivity index (χ0) is 18.7. The van der Waals surface area contributed by atoms with Gasteiger partial charge in [-0.3, -0.25) is 14.5 Å². The molecule has 1 saturated heterocycles. The number of hydrogen-bond acceptors (Lipinski definition) is 5. The van der Waals surface area contributed by atoms with Gasteiger partial charge in [-0.05, 0) is 25.8 Å². The predicted octanol–water partition coefficient (Wildman–Crippen LogP) is 2.00. The number of Topliss-reactive ketones (excluding diaryl/α,β-unsaturated/α-hetero) is 1. The minimum atomic E-state index is -0.509. The van der Waals surface area contributed by atoms with Gasteiger partial charge in [-0.2, -0.15) is 0 Å². The van der Waals surface area contributed by atoms with E-state index in [1.807, 2.05) is 31.2 Å². The third-order valence-corrected chi connectivity index (χ3v) is 5.05. The maximum Gasteiger partial charge on any atom is 0.290 e. The molecule has 1 unspecified atom stereocenters. The van der Waals surface area contributed by atoms with E-state index in [4.69, 9.17) is 4.74 Å². The Balaban J connectivity index is 1.76. The zero-order valence-corrected chi connectivity index (χ0v) is 15.4. The Morgan fingerprint density at radius 1 is 1.19 bits per heavy atom.